The van der Waals surface area contributed by atoms with Crippen LogP contribution in [0.5, 0.6) is 5.75 Å². The number of nitrogens with zero attached hydrogens (tertiary/aromatic N) is 2. The Morgan fingerprint density at radius 3 is 2.23 bits per heavy atom. The van der Waals surface area contributed by atoms with Gasteiger partial charge in [0.2, 0.25) is 15.9 Å². The van der Waals surface area contributed by atoms with Crippen molar-refractivity contribution in [3.05, 3.63) is 89.5 Å². The van der Waals surface area contributed by atoms with Gasteiger partial charge in [-0.1, -0.05) is 61.7 Å². The maximum Gasteiger partial charge on any atom is 0.339 e. The highest BCUT2D eigenvalue weighted by Gasteiger charge is 2.41. The third kappa shape index (κ3) is 5.76. The zero-order valence-electron chi connectivity index (χ0n) is 22.3. The molecule has 40 heavy (non-hydrogen) atoms. The molecule has 3 aromatic rings. The Bertz CT molecular complexity index is 1470. The van der Waals surface area contributed by atoms with E-state index in [9.17, 15) is 28.2 Å². The summed E-state index contributed by atoms with van der Waals surface area (Å²) in [4.78, 5) is 27.2. The number of hydrogen-bond acceptors (Lipinski definition) is 5. The van der Waals surface area contributed by atoms with Gasteiger partial charge in [-0.05, 0) is 67.0 Å². The molecule has 9 heteroatoms. The number of benzene rings is 3. The van der Waals surface area contributed by atoms with Crippen molar-refractivity contribution in [1.82, 2.24) is 4.31 Å². The maximum absolute atomic E-state index is 14.1. The van der Waals surface area contributed by atoms with E-state index in [0.717, 1.165) is 5.56 Å². The number of carbonyl (C=O) groups excluding carboxylic acids is 1. The summed E-state index contributed by atoms with van der Waals surface area (Å²) in [7, 11) is -3.91. The molecule has 1 heterocycles. The van der Waals surface area contributed by atoms with Gasteiger partial charge in [-0.25, -0.2) is 13.2 Å². The van der Waals surface area contributed by atoms with Crippen molar-refractivity contribution >= 4 is 27.6 Å². The number of phenols is 1. The second kappa shape index (κ2) is 11.8. The number of aromatic carboxylic acids is 1. The van der Waals surface area contributed by atoms with Gasteiger partial charge in [0.15, 0.2) is 0 Å². The van der Waals surface area contributed by atoms with E-state index in [1.807, 2.05) is 12.1 Å². The summed E-state index contributed by atoms with van der Waals surface area (Å²) in [6.07, 6.45) is 6.98. The van der Waals surface area contributed by atoms with Crippen molar-refractivity contribution < 1.29 is 28.2 Å². The molecule has 1 aliphatic heterocycles. The molecular formula is C31H34N2O6S. The van der Waals surface area contributed by atoms with Crippen LogP contribution in [0.3, 0.4) is 0 Å². The molecule has 1 saturated carbocycles. The van der Waals surface area contributed by atoms with Crippen LogP contribution in [0.25, 0.3) is 0 Å². The molecule has 8 nitrogen and oxygen atoms in total. The smallest absolute Gasteiger partial charge is 0.339 e. The fourth-order valence-corrected chi connectivity index (χ4v) is 7.53. The molecule has 2 N–H and O–H groups in total. The maximum atomic E-state index is 14.1. The highest BCUT2D eigenvalue weighted by Crippen LogP contribution is 2.34. The number of carboxylic acids is 1. The Hall–Kier alpha value is -3.69. The molecule has 0 bridgehead atoms. The van der Waals surface area contributed by atoms with Crippen LogP contribution in [0.15, 0.2) is 77.7 Å². The first kappa shape index (κ1) is 27.9. The summed E-state index contributed by atoms with van der Waals surface area (Å²) >= 11 is 0. The first-order valence-corrected chi connectivity index (χ1v) is 15.2. The molecule has 210 valence electrons. The number of anilines is 1. The van der Waals surface area contributed by atoms with Crippen LogP contribution in [0.1, 0.15) is 72.3 Å². The molecule has 1 aliphatic carbocycles. The summed E-state index contributed by atoms with van der Waals surface area (Å²) < 4.78 is 28.2. The molecule has 2 aliphatic rings. The molecule has 0 spiro atoms. The van der Waals surface area contributed by atoms with Crippen LogP contribution in [0, 0.1) is 0 Å². The van der Waals surface area contributed by atoms with Gasteiger partial charge in [-0.3, -0.25) is 4.79 Å². The van der Waals surface area contributed by atoms with Gasteiger partial charge in [-0.2, -0.15) is 4.31 Å². The van der Waals surface area contributed by atoms with Crippen LogP contribution in [-0.2, 0) is 21.4 Å². The van der Waals surface area contributed by atoms with Gasteiger partial charge in [0.05, 0.1) is 11.4 Å². The lowest BCUT2D eigenvalue weighted by molar-refractivity contribution is -0.121. The van der Waals surface area contributed by atoms with E-state index >= 15 is 0 Å². The summed E-state index contributed by atoms with van der Waals surface area (Å²) in [6, 6.07) is 19.3. The largest absolute Gasteiger partial charge is 0.507 e. The standard InChI is InChI=1S/C31H34N2O6S/c34-29-20-25(17-18-27(29)31(36)37)32(21-22-13-15-24(16-14-22)23-8-3-1-4-9-23)30(35)28-12-7-19-33(28)40(38,39)26-10-5-2-6-11-26/h2,5-6,10-11,13-18,20,23,28,34H,1,3-4,7-9,12,19,21H2,(H,36,37)/t28-/m1/s1. The second-order valence-corrected chi connectivity index (χ2v) is 12.5. The van der Waals surface area contributed by atoms with E-state index in [0.29, 0.717) is 24.4 Å². The predicted molar refractivity (Wildman–Crippen MR) is 152 cm³/mol. The Kier molecular flexibility index (Phi) is 8.23. The highest BCUT2D eigenvalue weighted by atomic mass is 32.2. The fraction of sp³-hybridized carbons (Fsp3) is 0.355. The molecule has 0 radical (unpaired) electrons. The van der Waals surface area contributed by atoms with Crippen LogP contribution >= 0.6 is 0 Å². The van der Waals surface area contributed by atoms with Crippen molar-refractivity contribution in [3.8, 4) is 5.75 Å². The van der Waals surface area contributed by atoms with Gasteiger partial charge >= 0.3 is 5.97 Å². The van der Waals surface area contributed by atoms with Gasteiger partial charge in [-0.15, -0.1) is 0 Å². The second-order valence-electron chi connectivity index (χ2n) is 10.6. The average molecular weight is 563 g/mol. The Morgan fingerprint density at radius 2 is 1.57 bits per heavy atom. The van der Waals surface area contributed by atoms with Crippen LogP contribution in [-0.4, -0.2) is 47.4 Å². The first-order chi connectivity index (χ1) is 19.3. The Morgan fingerprint density at radius 1 is 0.875 bits per heavy atom. The fourth-order valence-electron chi connectivity index (χ4n) is 5.86. The summed E-state index contributed by atoms with van der Waals surface area (Å²) in [5, 5.41) is 19.8. The molecule has 5 rings (SSSR count). The highest BCUT2D eigenvalue weighted by molar-refractivity contribution is 7.89. The van der Waals surface area contributed by atoms with E-state index in [4.69, 9.17) is 0 Å². The molecule has 1 amide bonds. The third-order valence-corrected chi connectivity index (χ3v) is 9.95. The number of carbonyl (C=O) groups is 2. The lowest BCUT2D eigenvalue weighted by Crippen LogP contribution is -2.47. The molecular weight excluding hydrogens is 528 g/mol. The van der Waals surface area contributed by atoms with Crippen LogP contribution in [0.2, 0.25) is 0 Å². The number of amides is 1. The van der Waals surface area contributed by atoms with E-state index < -0.39 is 33.7 Å². The number of sulfonamides is 1. The predicted octanol–water partition coefficient (Wildman–Crippen LogP) is 5.52. The number of rotatable bonds is 8. The Labute approximate surface area is 234 Å². The van der Waals surface area contributed by atoms with Gasteiger partial charge in [0.1, 0.15) is 17.4 Å². The number of aromatic hydroxyl groups is 1. The topological polar surface area (TPSA) is 115 Å². The number of carboxylic acid groups (broad SMARTS) is 1. The molecule has 2 fully saturated rings. The zero-order valence-corrected chi connectivity index (χ0v) is 23.1. The van der Waals surface area contributed by atoms with E-state index in [2.05, 4.69) is 12.1 Å². The Balaban J connectivity index is 1.46. The molecule has 1 saturated heterocycles. The minimum atomic E-state index is -3.91. The minimum absolute atomic E-state index is 0.128. The first-order valence-electron chi connectivity index (χ1n) is 13.8. The summed E-state index contributed by atoms with van der Waals surface area (Å²) in [5.41, 5.74) is 2.15. The molecule has 0 aromatic heterocycles. The summed E-state index contributed by atoms with van der Waals surface area (Å²) in [5.74, 6) is -1.63. The van der Waals surface area contributed by atoms with E-state index in [1.54, 1.807) is 18.2 Å². The minimum Gasteiger partial charge on any atom is -0.507 e. The third-order valence-electron chi connectivity index (χ3n) is 8.02. The quantitative estimate of drug-likeness (QED) is 0.373. The van der Waals surface area contributed by atoms with Crippen molar-refractivity contribution in [2.75, 3.05) is 11.4 Å². The van der Waals surface area contributed by atoms with Crippen molar-refractivity contribution in [3.63, 3.8) is 0 Å². The monoisotopic (exact) mass is 562 g/mol. The number of hydrogen-bond donors (Lipinski definition) is 2. The molecule has 0 unspecified atom stereocenters. The van der Waals surface area contributed by atoms with Gasteiger partial charge in [0.25, 0.3) is 0 Å². The molecule has 1 atom stereocenters. The van der Waals surface area contributed by atoms with E-state index in [-0.39, 0.29) is 23.5 Å². The average Bonchev–Trinajstić information content (AvgIpc) is 3.48. The van der Waals surface area contributed by atoms with E-state index in [1.165, 1.54) is 77.2 Å². The van der Waals surface area contributed by atoms with Crippen LogP contribution in [0.4, 0.5) is 5.69 Å². The van der Waals surface area contributed by atoms with Gasteiger partial charge in [0, 0.05) is 18.3 Å². The SMILES string of the molecule is O=C(O)c1ccc(N(Cc2ccc(C3CCCCC3)cc2)C(=O)[C@H]2CCCN2S(=O)(=O)c2ccccc2)cc1O. The normalized spacial score (nSPS) is 18.4. The van der Waals surface area contributed by atoms with Crippen LogP contribution < -0.4 is 4.90 Å². The lowest BCUT2D eigenvalue weighted by Gasteiger charge is -2.30. The van der Waals surface area contributed by atoms with Crippen molar-refractivity contribution in [1.29, 1.82) is 0 Å². The lowest BCUT2D eigenvalue weighted by atomic mass is 9.84. The molecule has 3 aromatic carbocycles. The van der Waals surface area contributed by atoms with Crippen molar-refractivity contribution in [2.45, 2.75) is 68.3 Å². The van der Waals surface area contributed by atoms with Crippen molar-refractivity contribution in [2.24, 2.45) is 0 Å². The summed E-state index contributed by atoms with van der Waals surface area (Å²) in [6.45, 7) is 0.367. The zero-order chi connectivity index (χ0) is 28.3. The van der Waals surface area contributed by atoms with Gasteiger partial charge < -0.3 is 15.1 Å².